The lowest BCUT2D eigenvalue weighted by atomic mass is 9.75. The molecule has 4 nitrogen and oxygen atoms in total. The van der Waals surface area contributed by atoms with Crippen LogP contribution in [0.5, 0.6) is 0 Å². The summed E-state index contributed by atoms with van der Waals surface area (Å²) in [7, 11) is 0. The average molecular weight is 269 g/mol. The molecule has 2 rings (SSSR count). The summed E-state index contributed by atoms with van der Waals surface area (Å²) in [5, 5.41) is 3.03. The zero-order valence-electron chi connectivity index (χ0n) is 12.0. The van der Waals surface area contributed by atoms with Crippen LogP contribution in [-0.4, -0.2) is 15.9 Å². The lowest BCUT2D eigenvalue weighted by Crippen LogP contribution is -2.39. The number of pyridine rings is 2. The number of aromatic nitrogens is 2. The van der Waals surface area contributed by atoms with Crippen LogP contribution >= 0.6 is 0 Å². The minimum atomic E-state index is -0.289. The van der Waals surface area contributed by atoms with Crippen molar-refractivity contribution >= 4 is 5.91 Å². The second-order valence-electron chi connectivity index (χ2n) is 5.38. The van der Waals surface area contributed by atoms with Gasteiger partial charge in [0.2, 0.25) is 5.91 Å². The van der Waals surface area contributed by atoms with Crippen molar-refractivity contribution in [2.45, 2.75) is 32.2 Å². The summed E-state index contributed by atoms with van der Waals surface area (Å²) in [5.41, 5.74) is 1.77. The second kappa shape index (κ2) is 5.82. The van der Waals surface area contributed by atoms with Crippen molar-refractivity contribution in [3.05, 3.63) is 60.2 Å². The van der Waals surface area contributed by atoms with Crippen LogP contribution in [0.25, 0.3) is 0 Å². The summed E-state index contributed by atoms with van der Waals surface area (Å²) < 4.78 is 0. The van der Waals surface area contributed by atoms with Crippen molar-refractivity contribution in [1.82, 2.24) is 15.3 Å². The maximum absolute atomic E-state index is 11.6. The van der Waals surface area contributed by atoms with Crippen LogP contribution in [0.2, 0.25) is 0 Å². The third kappa shape index (κ3) is 3.02. The molecular formula is C16H19N3O. The molecule has 104 valence electrons. The number of hydrogen-bond acceptors (Lipinski definition) is 3. The van der Waals surface area contributed by atoms with Gasteiger partial charge < -0.3 is 5.32 Å². The highest BCUT2D eigenvalue weighted by atomic mass is 16.1. The zero-order chi connectivity index (χ0) is 14.6. The Morgan fingerprint density at radius 1 is 1.15 bits per heavy atom. The van der Waals surface area contributed by atoms with Gasteiger partial charge in [-0.15, -0.1) is 0 Å². The Kier molecular flexibility index (Phi) is 4.13. The fourth-order valence-electron chi connectivity index (χ4n) is 2.34. The normalized spacial score (nSPS) is 12.8. The van der Waals surface area contributed by atoms with E-state index in [-0.39, 0.29) is 17.4 Å². The van der Waals surface area contributed by atoms with E-state index in [4.69, 9.17) is 0 Å². The summed E-state index contributed by atoms with van der Waals surface area (Å²) in [4.78, 5) is 19.9. The van der Waals surface area contributed by atoms with Gasteiger partial charge in [0.05, 0.1) is 6.04 Å². The van der Waals surface area contributed by atoms with Crippen molar-refractivity contribution in [3.8, 4) is 0 Å². The SMILES string of the molecule is CC(=O)N[C@@H](c1cccnc1)C(C)(C)c1cccnc1. The molecule has 4 heteroatoms. The van der Waals surface area contributed by atoms with Crippen molar-refractivity contribution in [3.63, 3.8) is 0 Å². The minimum absolute atomic E-state index is 0.0594. The monoisotopic (exact) mass is 269 g/mol. The molecule has 0 aliphatic carbocycles. The summed E-state index contributed by atoms with van der Waals surface area (Å²) in [6, 6.07) is 7.64. The number of rotatable bonds is 4. The molecule has 0 fully saturated rings. The molecule has 0 bridgehead atoms. The van der Waals surface area contributed by atoms with E-state index >= 15 is 0 Å². The molecule has 1 N–H and O–H groups in total. The number of carbonyl (C=O) groups is 1. The Bertz CT molecular complexity index is 567. The molecular weight excluding hydrogens is 250 g/mol. The third-order valence-corrected chi connectivity index (χ3v) is 3.49. The Morgan fingerprint density at radius 3 is 2.30 bits per heavy atom. The van der Waals surface area contributed by atoms with Crippen LogP contribution in [0.3, 0.4) is 0 Å². The third-order valence-electron chi connectivity index (χ3n) is 3.49. The Hall–Kier alpha value is -2.23. The number of carbonyl (C=O) groups excluding carboxylic acids is 1. The Morgan fingerprint density at radius 2 is 1.80 bits per heavy atom. The van der Waals surface area contributed by atoms with E-state index in [9.17, 15) is 4.79 Å². The molecule has 0 aliphatic rings. The van der Waals surface area contributed by atoms with Crippen molar-refractivity contribution in [1.29, 1.82) is 0 Å². The van der Waals surface area contributed by atoms with Crippen molar-refractivity contribution < 1.29 is 4.79 Å². The molecule has 0 aromatic carbocycles. The first-order chi connectivity index (χ1) is 9.51. The molecule has 1 amide bonds. The zero-order valence-corrected chi connectivity index (χ0v) is 12.0. The van der Waals surface area contributed by atoms with Gasteiger partial charge in [-0.3, -0.25) is 14.8 Å². The van der Waals surface area contributed by atoms with E-state index in [0.29, 0.717) is 0 Å². The molecule has 2 aromatic heterocycles. The topological polar surface area (TPSA) is 54.9 Å². The van der Waals surface area contributed by atoms with Gasteiger partial charge >= 0.3 is 0 Å². The molecule has 0 unspecified atom stereocenters. The van der Waals surface area contributed by atoms with Gasteiger partial charge in [-0.05, 0) is 23.3 Å². The first-order valence-corrected chi connectivity index (χ1v) is 6.59. The van der Waals surface area contributed by atoms with E-state index in [1.165, 1.54) is 6.92 Å². The molecule has 1 atom stereocenters. The average Bonchev–Trinajstić information content (AvgIpc) is 2.46. The fraction of sp³-hybridized carbons (Fsp3) is 0.312. The number of nitrogens with one attached hydrogen (secondary N) is 1. The molecule has 0 aliphatic heterocycles. The van der Waals surface area contributed by atoms with E-state index < -0.39 is 0 Å². The first kappa shape index (κ1) is 14.2. The minimum Gasteiger partial charge on any atom is -0.349 e. The molecule has 2 aromatic rings. The van der Waals surface area contributed by atoms with Crippen LogP contribution in [0.1, 0.15) is 37.9 Å². The number of nitrogens with zero attached hydrogens (tertiary/aromatic N) is 2. The largest absolute Gasteiger partial charge is 0.349 e. The Balaban J connectivity index is 2.43. The quantitative estimate of drug-likeness (QED) is 0.928. The highest BCUT2D eigenvalue weighted by Crippen LogP contribution is 2.36. The summed E-state index contributed by atoms with van der Waals surface area (Å²) in [5.74, 6) is -0.0594. The summed E-state index contributed by atoms with van der Waals surface area (Å²) in [6.45, 7) is 5.72. The smallest absolute Gasteiger partial charge is 0.217 e. The van der Waals surface area contributed by atoms with Gasteiger partial charge in [0, 0.05) is 37.1 Å². The fourth-order valence-corrected chi connectivity index (χ4v) is 2.34. The molecule has 0 spiro atoms. The predicted molar refractivity (Wildman–Crippen MR) is 78.1 cm³/mol. The van der Waals surface area contributed by atoms with Crippen LogP contribution in [-0.2, 0) is 10.2 Å². The predicted octanol–water partition coefficient (Wildman–Crippen LogP) is 2.63. The lowest BCUT2D eigenvalue weighted by Gasteiger charge is -2.35. The van der Waals surface area contributed by atoms with Crippen LogP contribution in [0.4, 0.5) is 0 Å². The van der Waals surface area contributed by atoms with Crippen molar-refractivity contribution in [2.75, 3.05) is 0 Å². The molecule has 0 saturated carbocycles. The maximum Gasteiger partial charge on any atom is 0.217 e. The van der Waals surface area contributed by atoms with Gasteiger partial charge in [-0.1, -0.05) is 26.0 Å². The van der Waals surface area contributed by atoms with E-state index in [0.717, 1.165) is 11.1 Å². The molecule has 2 heterocycles. The van der Waals surface area contributed by atoms with E-state index in [2.05, 4.69) is 29.1 Å². The number of hydrogen-bond donors (Lipinski definition) is 1. The summed E-state index contributed by atoms with van der Waals surface area (Å²) >= 11 is 0. The maximum atomic E-state index is 11.6. The summed E-state index contributed by atoms with van der Waals surface area (Å²) in [6.07, 6.45) is 7.10. The van der Waals surface area contributed by atoms with Crippen LogP contribution in [0.15, 0.2) is 49.1 Å². The van der Waals surface area contributed by atoms with Gasteiger partial charge in [0.25, 0.3) is 0 Å². The standard InChI is InChI=1S/C16H19N3O/c1-12(20)19-15(13-6-4-8-17-10-13)16(2,3)14-7-5-9-18-11-14/h4-11,15H,1-3H3,(H,19,20)/t15-/m0/s1. The van der Waals surface area contributed by atoms with Crippen LogP contribution in [0, 0.1) is 0 Å². The highest BCUT2D eigenvalue weighted by Gasteiger charge is 2.33. The lowest BCUT2D eigenvalue weighted by molar-refractivity contribution is -0.120. The Labute approximate surface area is 119 Å². The van der Waals surface area contributed by atoms with E-state index in [1.54, 1.807) is 18.6 Å². The van der Waals surface area contributed by atoms with Gasteiger partial charge in [0.1, 0.15) is 0 Å². The van der Waals surface area contributed by atoms with Crippen LogP contribution < -0.4 is 5.32 Å². The van der Waals surface area contributed by atoms with Crippen molar-refractivity contribution in [2.24, 2.45) is 0 Å². The molecule has 0 saturated heterocycles. The second-order valence-corrected chi connectivity index (χ2v) is 5.38. The highest BCUT2D eigenvalue weighted by molar-refractivity contribution is 5.73. The van der Waals surface area contributed by atoms with Gasteiger partial charge in [0.15, 0.2) is 0 Å². The molecule has 20 heavy (non-hydrogen) atoms. The van der Waals surface area contributed by atoms with E-state index in [1.807, 2.05) is 30.5 Å². The van der Waals surface area contributed by atoms with Gasteiger partial charge in [-0.25, -0.2) is 0 Å². The van der Waals surface area contributed by atoms with Gasteiger partial charge in [-0.2, -0.15) is 0 Å². The number of amides is 1. The first-order valence-electron chi connectivity index (χ1n) is 6.59. The molecule has 0 radical (unpaired) electrons.